The van der Waals surface area contributed by atoms with Crippen LogP contribution in [-0.2, 0) is 21.4 Å². The van der Waals surface area contributed by atoms with Gasteiger partial charge in [-0.2, -0.15) is 9.41 Å². The molecule has 0 atom stereocenters. The number of hydrogen-bond acceptors (Lipinski definition) is 4. The lowest BCUT2D eigenvalue weighted by molar-refractivity contribution is -0.121. The quantitative estimate of drug-likeness (QED) is 0.193. The molecule has 7 nitrogen and oxygen atoms in total. The summed E-state index contributed by atoms with van der Waals surface area (Å²) >= 11 is 3.33. The van der Waals surface area contributed by atoms with Gasteiger partial charge in [0.15, 0.2) is 0 Å². The van der Waals surface area contributed by atoms with Crippen molar-refractivity contribution in [3.05, 3.63) is 117 Å². The van der Waals surface area contributed by atoms with Crippen molar-refractivity contribution in [1.82, 2.24) is 14.3 Å². The smallest absolute Gasteiger partial charge is 0.255 e. The van der Waals surface area contributed by atoms with Crippen LogP contribution in [-0.4, -0.2) is 36.0 Å². The number of nitrogens with zero attached hydrogens (tertiary/aromatic N) is 3. The summed E-state index contributed by atoms with van der Waals surface area (Å²) in [7, 11) is -3.94. The molecule has 0 saturated carbocycles. The number of rotatable bonds is 9. The Morgan fingerprint density at radius 3 is 2.23 bits per heavy atom. The van der Waals surface area contributed by atoms with Crippen molar-refractivity contribution < 1.29 is 13.2 Å². The summed E-state index contributed by atoms with van der Waals surface area (Å²) in [6, 6.07) is 23.7. The van der Waals surface area contributed by atoms with Crippen LogP contribution in [0.4, 0.5) is 0 Å². The first-order valence-electron chi connectivity index (χ1n) is 12.4. The lowest BCUT2D eigenvalue weighted by atomic mass is 10.1. The molecule has 0 aliphatic rings. The van der Waals surface area contributed by atoms with E-state index in [1.165, 1.54) is 23.3 Å². The summed E-state index contributed by atoms with van der Waals surface area (Å²) in [4.78, 5) is 13.0. The van der Waals surface area contributed by atoms with E-state index in [0.717, 1.165) is 37.0 Å². The van der Waals surface area contributed by atoms with Gasteiger partial charge < -0.3 is 4.57 Å². The van der Waals surface area contributed by atoms with Gasteiger partial charge in [0.1, 0.15) is 0 Å². The predicted molar refractivity (Wildman–Crippen MR) is 159 cm³/mol. The zero-order chi connectivity index (χ0) is 28.2. The molecule has 202 valence electrons. The summed E-state index contributed by atoms with van der Waals surface area (Å²) in [6.07, 6.45) is 1.59. The van der Waals surface area contributed by atoms with Crippen molar-refractivity contribution in [3.63, 3.8) is 0 Å². The molecule has 0 unspecified atom stereocenters. The molecule has 0 fully saturated rings. The maximum Gasteiger partial charge on any atom is 0.255 e. The fourth-order valence-corrected chi connectivity index (χ4v) is 6.21. The molecular formula is C30H31BrN4O3S. The normalized spacial score (nSPS) is 11.8. The predicted octanol–water partition coefficient (Wildman–Crippen LogP) is 5.81. The molecule has 1 aromatic heterocycles. The summed E-state index contributed by atoms with van der Waals surface area (Å²) < 4.78 is 31.0. The van der Waals surface area contributed by atoms with E-state index < -0.39 is 15.9 Å². The highest BCUT2D eigenvalue weighted by atomic mass is 79.9. The van der Waals surface area contributed by atoms with Crippen LogP contribution in [0.2, 0.25) is 0 Å². The van der Waals surface area contributed by atoms with E-state index in [-0.39, 0.29) is 18.0 Å². The third-order valence-corrected chi connectivity index (χ3v) is 8.83. The Labute approximate surface area is 238 Å². The standard InChI is InChI=1S/C30H31BrN4O3S/c1-21-9-8-10-22(2)30(21)35-23(3)17-26(24(35)4)18-32-33-29(36)20-34(19-25-11-6-5-7-12-25)39(37,38)28-15-13-27(31)14-16-28/h5-18H,19-20H2,1-4H3,(H,33,36)/b32-18+. The van der Waals surface area contributed by atoms with Crippen molar-refractivity contribution in [1.29, 1.82) is 0 Å². The highest BCUT2D eigenvalue weighted by Crippen LogP contribution is 2.25. The van der Waals surface area contributed by atoms with Crippen LogP contribution in [0.3, 0.4) is 0 Å². The minimum atomic E-state index is -3.94. The number of hydrogen-bond donors (Lipinski definition) is 1. The van der Waals surface area contributed by atoms with E-state index in [2.05, 4.69) is 57.0 Å². The summed E-state index contributed by atoms with van der Waals surface area (Å²) in [5.41, 5.74) is 9.64. The molecule has 9 heteroatoms. The second-order valence-corrected chi connectivity index (χ2v) is 12.3. The van der Waals surface area contributed by atoms with Crippen LogP contribution in [0.1, 0.15) is 33.6 Å². The van der Waals surface area contributed by atoms with Crippen molar-refractivity contribution >= 4 is 38.1 Å². The molecule has 0 spiro atoms. The molecule has 3 aromatic carbocycles. The first kappa shape index (κ1) is 28.5. The van der Waals surface area contributed by atoms with Gasteiger partial charge >= 0.3 is 0 Å². The second kappa shape index (κ2) is 12.1. The number of benzene rings is 3. The van der Waals surface area contributed by atoms with Gasteiger partial charge in [0.25, 0.3) is 5.91 Å². The molecule has 0 aliphatic carbocycles. The average Bonchev–Trinajstić information content (AvgIpc) is 3.17. The number of nitrogens with one attached hydrogen (secondary N) is 1. The van der Waals surface area contributed by atoms with Gasteiger partial charge in [-0.1, -0.05) is 64.5 Å². The first-order valence-corrected chi connectivity index (χ1v) is 14.7. The molecule has 1 heterocycles. The number of carbonyl (C=O) groups is 1. The molecule has 1 amide bonds. The molecule has 0 radical (unpaired) electrons. The van der Waals surface area contributed by atoms with Gasteiger partial charge in [0.2, 0.25) is 10.0 Å². The number of aryl methyl sites for hydroxylation is 3. The Balaban J connectivity index is 1.53. The fourth-order valence-electron chi connectivity index (χ4n) is 4.56. The van der Waals surface area contributed by atoms with Gasteiger partial charge in [-0.05, 0) is 74.7 Å². The van der Waals surface area contributed by atoms with Gasteiger partial charge in [0.05, 0.1) is 23.3 Å². The van der Waals surface area contributed by atoms with Crippen molar-refractivity contribution in [2.24, 2.45) is 5.10 Å². The van der Waals surface area contributed by atoms with Gasteiger partial charge in [-0.3, -0.25) is 4.79 Å². The first-order chi connectivity index (χ1) is 18.6. The Kier molecular flexibility index (Phi) is 8.84. The van der Waals surface area contributed by atoms with E-state index in [0.29, 0.717) is 0 Å². The number of aromatic nitrogens is 1. The minimum absolute atomic E-state index is 0.0489. The number of sulfonamides is 1. The van der Waals surface area contributed by atoms with Gasteiger partial charge in [-0.25, -0.2) is 13.8 Å². The third-order valence-electron chi connectivity index (χ3n) is 6.50. The van der Waals surface area contributed by atoms with Crippen LogP contribution >= 0.6 is 15.9 Å². The van der Waals surface area contributed by atoms with E-state index in [9.17, 15) is 13.2 Å². The largest absolute Gasteiger partial charge is 0.317 e. The number of halogens is 1. The molecule has 4 aromatic rings. The summed E-state index contributed by atoms with van der Waals surface area (Å²) in [5, 5.41) is 4.16. The van der Waals surface area contributed by atoms with E-state index in [1.807, 2.05) is 56.3 Å². The van der Waals surface area contributed by atoms with Gasteiger partial charge in [0, 0.05) is 28.0 Å². The summed E-state index contributed by atoms with van der Waals surface area (Å²) in [6.45, 7) is 7.87. The molecule has 4 rings (SSSR count). The Morgan fingerprint density at radius 2 is 1.59 bits per heavy atom. The Morgan fingerprint density at radius 1 is 0.949 bits per heavy atom. The van der Waals surface area contributed by atoms with E-state index in [1.54, 1.807) is 18.3 Å². The highest BCUT2D eigenvalue weighted by Gasteiger charge is 2.27. The van der Waals surface area contributed by atoms with Crippen LogP contribution in [0.25, 0.3) is 5.69 Å². The van der Waals surface area contributed by atoms with Crippen molar-refractivity contribution in [3.8, 4) is 5.69 Å². The monoisotopic (exact) mass is 606 g/mol. The van der Waals surface area contributed by atoms with Crippen LogP contribution in [0, 0.1) is 27.7 Å². The van der Waals surface area contributed by atoms with Crippen LogP contribution in [0.5, 0.6) is 0 Å². The molecule has 0 saturated heterocycles. The number of carbonyl (C=O) groups excluding carboxylic acids is 1. The number of para-hydroxylation sites is 1. The second-order valence-electron chi connectivity index (χ2n) is 9.41. The SMILES string of the molecule is Cc1cccc(C)c1-n1c(C)cc(/C=N/NC(=O)CN(Cc2ccccc2)S(=O)(=O)c2ccc(Br)cc2)c1C. The topological polar surface area (TPSA) is 83.8 Å². The zero-order valence-electron chi connectivity index (χ0n) is 22.3. The molecular weight excluding hydrogens is 576 g/mol. The highest BCUT2D eigenvalue weighted by molar-refractivity contribution is 9.10. The Bertz CT molecular complexity index is 1590. The lowest BCUT2D eigenvalue weighted by Gasteiger charge is -2.21. The maximum absolute atomic E-state index is 13.4. The lowest BCUT2D eigenvalue weighted by Crippen LogP contribution is -2.39. The number of amides is 1. The molecule has 0 aliphatic heterocycles. The van der Waals surface area contributed by atoms with Crippen molar-refractivity contribution in [2.45, 2.75) is 39.1 Å². The third kappa shape index (κ3) is 6.55. The maximum atomic E-state index is 13.4. The summed E-state index contributed by atoms with van der Waals surface area (Å²) in [5.74, 6) is -0.536. The van der Waals surface area contributed by atoms with Crippen LogP contribution in [0.15, 0.2) is 93.3 Å². The zero-order valence-corrected chi connectivity index (χ0v) is 24.8. The molecule has 0 bridgehead atoms. The van der Waals surface area contributed by atoms with Crippen molar-refractivity contribution in [2.75, 3.05) is 6.54 Å². The van der Waals surface area contributed by atoms with Crippen LogP contribution < -0.4 is 5.43 Å². The van der Waals surface area contributed by atoms with E-state index >= 15 is 0 Å². The molecule has 1 N–H and O–H groups in total. The minimum Gasteiger partial charge on any atom is -0.317 e. The average molecular weight is 608 g/mol. The number of hydrazone groups is 1. The molecule has 39 heavy (non-hydrogen) atoms. The Hall–Kier alpha value is -3.53. The van der Waals surface area contributed by atoms with Gasteiger partial charge in [-0.15, -0.1) is 0 Å². The van der Waals surface area contributed by atoms with E-state index in [4.69, 9.17) is 0 Å². The fraction of sp³-hybridized carbons (Fsp3) is 0.200.